The molecule has 1 unspecified atom stereocenters. The zero-order chi connectivity index (χ0) is 14.2. The highest BCUT2D eigenvalue weighted by atomic mass is 14.9. The highest BCUT2D eigenvalue weighted by molar-refractivity contribution is 5.26. The van der Waals surface area contributed by atoms with Crippen molar-refractivity contribution < 1.29 is 0 Å². The average molecular weight is 271 g/mol. The van der Waals surface area contributed by atoms with Crippen molar-refractivity contribution in [2.45, 2.75) is 64.8 Å². The minimum absolute atomic E-state index is 0.581. The Morgan fingerprint density at radius 1 is 1.15 bits per heavy atom. The lowest BCUT2D eigenvalue weighted by molar-refractivity contribution is 0.531. The van der Waals surface area contributed by atoms with Gasteiger partial charge in [-0.25, -0.2) is 0 Å². The molecule has 0 heterocycles. The molecule has 0 radical (unpaired) electrons. The van der Waals surface area contributed by atoms with Crippen molar-refractivity contribution >= 4 is 0 Å². The molecule has 0 aromatic heterocycles. The van der Waals surface area contributed by atoms with Gasteiger partial charge >= 0.3 is 0 Å². The third-order valence-corrected chi connectivity index (χ3v) is 4.44. The zero-order valence-corrected chi connectivity index (χ0v) is 13.1. The summed E-state index contributed by atoms with van der Waals surface area (Å²) < 4.78 is 0. The number of hydrogen-bond acceptors (Lipinski definition) is 1. The van der Waals surface area contributed by atoms with E-state index < -0.39 is 0 Å². The first kappa shape index (κ1) is 15.3. The first-order valence-corrected chi connectivity index (χ1v) is 8.28. The Morgan fingerprint density at radius 2 is 2.00 bits per heavy atom. The molecule has 0 spiro atoms. The van der Waals surface area contributed by atoms with Gasteiger partial charge in [0.15, 0.2) is 0 Å². The molecular formula is C19H29N. The van der Waals surface area contributed by atoms with E-state index in [9.17, 15) is 0 Å². The van der Waals surface area contributed by atoms with Crippen molar-refractivity contribution in [2.75, 3.05) is 6.54 Å². The molecule has 0 saturated heterocycles. The van der Waals surface area contributed by atoms with Crippen LogP contribution in [-0.4, -0.2) is 12.6 Å². The Morgan fingerprint density at radius 3 is 2.80 bits per heavy atom. The number of nitrogens with one attached hydrogen (secondary N) is 1. The first-order chi connectivity index (χ1) is 9.81. The van der Waals surface area contributed by atoms with Crippen LogP contribution < -0.4 is 5.32 Å². The van der Waals surface area contributed by atoms with Crippen LogP contribution in [-0.2, 0) is 6.42 Å². The Hall–Kier alpha value is -1.08. The molecule has 1 aromatic carbocycles. The van der Waals surface area contributed by atoms with Gasteiger partial charge in [0.25, 0.3) is 0 Å². The molecule has 0 bridgehead atoms. The fraction of sp³-hybridized carbons (Fsp3) is 0.579. The second-order valence-electron chi connectivity index (χ2n) is 5.95. The van der Waals surface area contributed by atoms with E-state index in [1.807, 2.05) is 0 Å². The topological polar surface area (TPSA) is 12.0 Å². The second kappa shape index (κ2) is 8.26. The van der Waals surface area contributed by atoms with Crippen LogP contribution >= 0.6 is 0 Å². The Kier molecular flexibility index (Phi) is 6.32. The summed E-state index contributed by atoms with van der Waals surface area (Å²) in [6.45, 7) is 5.51. The third-order valence-electron chi connectivity index (χ3n) is 4.44. The summed E-state index contributed by atoms with van der Waals surface area (Å²) >= 11 is 0. The molecule has 0 fully saturated rings. The molecule has 20 heavy (non-hydrogen) atoms. The van der Waals surface area contributed by atoms with Gasteiger partial charge in [0.2, 0.25) is 0 Å². The van der Waals surface area contributed by atoms with E-state index >= 15 is 0 Å². The van der Waals surface area contributed by atoms with Gasteiger partial charge < -0.3 is 5.32 Å². The largest absolute Gasteiger partial charge is 0.311 e. The first-order valence-electron chi connectivity index (χ1n) is 8.28. The van der Waals surface area contributed by atoms with Gasteiger partial charge in [-0.1, -0.05) is 49.3 Å². The van der Waals surface area contributed by atoms with Gasteiger partial charge in [-0.05, 0) is 63.1 Å². The van der Waals surface area contributed by atoms with Crippen LogP contribution in [0.3, 0.4) is 0 Å². The highest BCUT2D eigenvalue weighted by Gasteiger charge is 2.14. The van der Waals surface area contributed by atoms with Gasteiger partial charge in [-0.15, -0.1) is 0 Å². The van der Waals surface area contributed by atoms with Crippen molar-refractivity contribution in [3.05, 3.63) is 47.0 Å². The van der Waals surface area contributed by atoms with E-state index in [1.165, 1.54) is 56.1 Å². The van der Waals surface area contributed by atoms with E-state index in [2.05, 4.69) is 49.5 Å². The molecule has 2 rings (SSSR count). The summed E-state index contributed by atoms with van der Waals surface area (Å²) in [6, 6.07) is 9.38. The molecule has 1 nitrogen and oxygen atoms in total. The van der Waals surface area contributed by atoms with Gasteiger partial charge in [0, 0.05) is 6.04 Å². The van der Waals surface area contributed by atoms with Crippen molar-refractivity contribution in [3.63, 3.8) is 0 Å². The van der Waals surface area contributed by atoms with Crippen LogP contribution in [0.2, 0.25) is 0 Å². The van der Waals surface area contributed by atoms with Crippen molar-refractivity contribution in [2.24, 2.45) is 0 Å². The maximum Gasteiger partial charge on any atom is 0.0282 e. The summed E-state index contributed by atoms with van der Waals surface area (Å²) in [6.07, 6.45) is 11.6. The predicted molar refractivity (Wildman–Crippen MR) is 88.1 cm³/mol. The smallest absolute Gasteiger partial charge is 0.0282 e. The Balaban J connectivity index is 1.98. The predicted octanol–water partition coefficient (Wildman–Crippen LogP) is 4.80. The van der Waals surface area contributed by atoms with Crippen LogP contribution in [0.15, 0.2) is 35.9 Å². The number of benzene rings is 1. The number of rotatable bonds is 6. The summed E-state index contributed by atoms with van der Waals surface area (Å²) in [5.41, 5.74) is 4.60. The number of allylic oxidation sites excluding steroid dienone is 1. The van der Waals surface area contributed by atoms with Gasteiger partial charge in [0.05, 0.1) is 0 Å². The van der Waals surface area contributed by atoms with E-state index in [-0.39, 0.29) is 0 Å². The molecule has 1 atom stereocenters. The number of aryl methyl sites for hydroxylation is 2. The number of likely N-dealkylation sites (N-methyl/N-ethyl adjacent to an activating group) is 1. The second-order valence-corrected chi connectivity index (χ2v) is 5.95. The maximum absolute atomic E-state index is 3.70. The van der Waals surface area contributed by atoms with E-state index in [4.69, 9.17) is 0 Å². The van der Waals surface area contributed by atoms with Crippen molar-refractivity contribution in [1.29, 1.82) is 0 Å². The molecule has 0 amide bonds. The third kappa shape index (κ3) is 4.49. The number of hydrogen-bond donors (Lipinski definition) is 1. The van der Waals surface area contributed by atoms with Crippen molar-refractivity contribution in [1.82, 2.24) is 5.32 Å². The Labute approximate surface area is 124 Å². The fourth-order valence-electron chi connectivity index (χ4n) is 3.21. The van der Waals surface area contributed by atoms with Crippen LogP contribution in [0.25, 0.3) is 0 Å². The standard InChI is InChI=1S/C19H29N/c1-3-20-19(18-12-6-4-5-7-13-18)15-14-17-11-9-8-10-16(17)2/h8-12,19-20H,3-7,13-15H2,1-2H3. The quantitative estimate of drug-likeness (QED) is 0.733. The zero-order valence-electron chi connectivity index (χ0n) is 13.1. The highest BCUT2D eigenvalue weighted by Crippen LogP contribution is 2.23. The summed E-state index contributed by atoms with van der Waals surface area (Å²) in [7, 11) is 0. The molecule has 1 N–H and O–H groups in total. The fourth-order valence-corrected chi connectivity index (χ4v) is 3.21. The Bertz CT molecular complexity index is 433. The van der Waals surface area contributed by atoms with E-state index in [1.54, 1.807) is 5.57 Å². The van der Waals surface area contributed by atoms with Gasteiger partial charge in [-0.3, -0.25) is 0 Å². The van der Waals surface area contributed by atoms with Crippen LogP contribution in [0, 0.1) is 6.92 Å². The van der Waals surface area contributed by atoms with Gasteiger partial charge in [0.1, 0.15) is 0 Å². The molecule has 1 aliphatic rings. The molecule has 1 heteroatoms. The molecule has 1 aliphatic carbocycles. The minimum Gasteiger partial charge on any atom is -0.311 e. The molecule has 110 valence electrons. The van der Waals surface area contributed by atoms with E-state index in [0.717, 1.165) is 6.54 Å². The SMILES string of the molecule is CCNC(CCc1ccccc1C)C1=CCCCCC1. The van der Waals surface area contributed by atoms with Crippen LogP contribution in [0.1, 0.15) is 56.6 Å². The average Bonchev–Trinajstić information content (AvgIpc) is 2.74. The monoisotopic (exact) mass is 271 g/mol. The summed E-state index contributed by atoms with van der Waals surface area (Å²) in [5, 5.41) is 3.70. The van der Waals surface area contributed by atoms with Crippen molar-refractivity contribution in [3.8, 4) is 0 Å². The summed E-state index contributed by atoms with van der Waals surface area (Å²) in [4.78, 5) is 0. The lowest BCUT2D eigenvalue weighted by Crippen LogP contribution is -2.31. The molecule has 0 aliphatic heterocycles. The normalized spacial score (nSPS) is 17.4. The lowest BCUT2D eigenvalue weighted by atomic mass is 9.94. The molecule has 0 saturated carbocycles. The molecule has 1 aromatic rings. The lowest BCUT2D eigenvalue weighted by Gasteiger charge is -2.21. The molecular weight excluding hydrogens is 242 g/mol. The summed E-state index contributed by atoms with van der Waals surface area (Å²) in [5.74, 6) is 0. The van der Waals surface area contributed by atoms with Crippen LogP contribution in [0.4, 0.5) is 0 Å². The van der Waals surface area contributed by atoms with Crippen LogP contribution in [0.5, 0.6) is 0 Å². The van der Waals surface area contributed by atoms with Gasteiger partial charge in [-0.2, -0.15) is 0 Å². The van der Waals surface area contributed by atoms with E-state index in [0.29, 0.717) is 6.04 Å². The minimum atomic E-state index is 0.581. The maximum atomic E-state index is 3.70.